The zero-order valence-corrected chi connectivity index (χ0v) is 64.0. The van der Waals surface area contributed by atoms with E-state index in [0.29, 0.717) is 0 Å². The highest BCUT2D eigenvalue weighted by Gasteiger charge is 2.13. The molecule has 0 saturated heterocycles. The van der Waals surface area contributed by atoms with Crippen LogP contribution in [0, 0.1) is 6.92 Å². The van der Waals surface area contributed by atoms with Gasteiger partial charge in [0.2, 0.25) is 0 Å². The first-order valence-corrected chi connectivity index (χ1v) is 35.6. The van der Waals surface area contributed by atoms with Crippen LogP contribution in [0.1, 0.15) is 137 Å². The van der Waals surface area contributed by atoms with E-state index in [1.807, 2.05) is 165 Å². The van der Waals surface area contributed by atoms with Gasteiger partial charge in [-0.2, -0.15) is 0 Å². The molecule has 0 amide bonds. The van der Waals surface area contributed by atoms with Crippen molar-refractivity contribution in [1.82, 2.24) is 0 Å². The molecular weight excluding hydrogens is 1210 g/mol. The number of hydrogen-bond acceptors (Lipinski definition) is 5. The van der Waals surface area contributed by atoms with Crippen molar-refractivity contribution in [2.75, 3.05) is 35.5 Å². The van der Waals surface area contributed by atoms with Crippen molar-refractivity contribution >= 4 is 53.9 Å². The van der Waals surface area contributed by atoms with Gasteiger partial charge in [-0.15, -0.1) is 0 Å². The second-order valence-corrected chi connectivity index (χ2v) is 22.4. The molecule has 13 rings (SSSR count). The second-order valence-electron chi connectivity index (χ2n) is 22.4. The van der Waals surface area contributed by atoms with E-state index in [1.54, 1.807) is 35.5 Å². The van der Waals surface area contributed by atoms with Crippen molar-refractivity contribution in [3.8, 4) is 28.7 Å². The van der Waals surface area contributed by atoms with Crippen LogP contribution in [0.4, 0.5) is 0 Å². The highest BCUT2D eigenvalue weighted by Crippen LogP contribution is 2.32. The lowest BCUT2D eigenvalue weighted by atomic mass is 9.87. The fourth-order valence-corrected chi connectivity index (χ4v) is 10.4. The molecule has 0 fully saturated rings. The molecule has 0 atom stereocenters. The third kappa shape index (κ3) is 28.6. The molecule has 13 aromatic carbocycles. The van der Waals surface area contributed by atoms with E-state index in [4.69, 9.17) is 23.7 Å². The van der Waals surface area contributed by atoms with Gasteiger partial charge in [-0.1, -0.05) is 347 Å². The first-order chi connectivity index (χ1) is 48.3. The van der Waals surface area contributed by atoms with Crippen LogP contribution in [0.5, 0.6) is 28.7 Å². The minimum Gasteiger partial charge on any atom is -0.497 e. The maximum Gasteiger partial charge on any atom is 0.126 e. The summed E-state index contributed by atoms with van der Waals surface area (Å²) in [5.41, 5.74) is 8.50. The molecule has 99 heavy (non-hydrogen) atoms. The number of benzene rings is 13. The second kappa shape index (κ2) is 50.5. The number of methoxy groups -OCH3 is 5. The molecule has 524 valence electrons. The maximum atomic E-state index is 5.27. The molecule has 5 nitrogen and oxygen atoms in total. The molecule has 13 aromatic rings. The van der Waals surface area contributed by atoms with E-state index in [1.165, 1.54) is 76.5 Å². The third-order valence-corrected chi connectivity index (χ3v) is 15.6. The van der Waals surface area contributed by atoms with Crippen molar-refractivity contribution in [2.45, 2.75) is 142 Å². The summed E-state index contributed by atoms with van der Waals surface area (Å²) in [5, 5.41) is 13.1. The van der Waals surface area contributed by atoms with Crippen molar-refractivity contribution in [1.29, 1.82) is 0 Å². The van der Waals surface area contributed by atoms with Crippen molar-refractivity contribution in [3.05, 3.63) is 318 Å². The monoisotopic (exact) mass is 1330 g/mol. The Morgan fingerprint density at radius 2 is 0.475 bits per heavy atom. The van der Waals surface area contributed by atoms with Crippen molar-refractivity contribution in [2.24, 2.45) is 0 Å². The van der Waals surface area contributed by atoms with E-state index >= 15 is 0 Å². The van der Waals surface area contributed by atoms with E-state index < -0.39 is 0 Å². The molecule has 0 aliphatic carbocycles. The molecule has 0 radical (unpaired) electrons. The Labute approximate surface area is 598 Å². The minimum absolute atomic E-state index is 0.228. The molecule has 0 aliphatic rings. The average Bonchev–Trinajstić information content (AvgIpc) is 0.835. The van der Waals surface area contributed by atoms with E-state index in [9.17, 15) is 0 Å². The van der Waals surface area contributed by atoms with Gasteiger partial charge in [0.1, 0.15) is 28.7 Å². The smallest absolute Gasteiger partial charge is 0.126 e. The zero-order valence-electron chi connectivity index (χ0n) is 64.0. The summed E-state index contributed by atoms with van der Waals surface area (Å²) in [6, 6.07) is 97.8. The Hall–Kier alpha value is -9.84. The molecule has 0 unspecified atom stereocenters. The van der Waals surface area contributed by atoms with Gasteiger partial charge >= 0.3 is 0 Å². The van der Waals surface area contributed by atoms with E-state index in [-0.39, 0.29) is 5.41 Å². The van der Waals surface area contributed by atoms with Gasteiger partial charge in [0.25, 0.3) is 0 Å². The minimum atomic E-state index is 0.228. The molecule has 0 bridgehead atoms. The summed E-state index contributed by atoms with van der Waals surface area (Å²) >= 11 is 0. The molecule has 5 heteroatoms. The Morgan fingerprint density at radius 1 is 0.232 bits per heavy atom. The number of aryl methyl sites for hydroxylation is 5. The Kier molecular flexibility index (Phi) is 43.5. The molecular formula is C94H118O5. The Balaban J connectivity index is 0.000000380. The van der Waals surface area contributed by atoms with Gasteiger partial charge in [-0.25, -0.2) is 0 Å². The lowest BCUT2D eigenvalue weighted by Crippen LogP contribution is -2.10. The summed E-state index contributed by atoms with van der Waals surface area (Å²) in [6.07, 6.45) is 4.45. The highest BCUT2D eigenvalue weighted by molar-refractivity contribution is 5.93. The van der Waals surface area contributed by atoms with Gasteiger partial charge < -0.3 is 23.7 Å². The van der Waals surface area contributed by atoms with E-state index in [0.717, 1.165) is 65.2 Å². The summed E-state index contributed by atoms with van der Waals surface area (Å²) < 4.78 is 25.6. The number of ether oxygens (including phenoxy) is 5. The van der Waals surface area contributed by atoms with Crippen LogP contribution in [0.3, 0.4) is 0 Å². The van der Waals surface area contributed by atoms with Gasteiger partial charge in [-0.05, 0) is 157 Å². The molecule has 0 aromatic heterocycles. The summed E-state index contributed by atoms with van der Waals surface area (Å²) in [7, 11) is 8.38. The van der Waals surface area contributed by atoms with Crippen molar-refractivity contribution < 1.29 is 23.7 Å². The normalized spacial score (nSPS) is 9.63. The van der Waals surface area contributed by atoms with Crippen LogP contribution < -0.4 is 23.7 Å². The van der Waals surface area contributed by atoms with Crippen LogP contribution in [-0.4, -0.2) is 35.5 Å². The van der Waals surface area contributed by atoms with Crippen LogP contribution in [0.25, 0.3) is 53.9 Å². The van der Waals surface area contributed by atoms with Gasteiger partial charge in [-0.3, -0.25) is 0 Å². The summed E-state index contributed by atoms with van der Waals surface area (Å²) in [4.78, 5) is 0. The Bertz CT molecular complexity index is 3820. The summed E-state index contributed by atoms with van der Waals surface area (Å²) in [5.74, 6) is 4.54. The van der Waals surface area contributed by atoms with Crippen LogP contribution in [0.15, 0.2) is 285 Å². The number of rotatable bonds is 9. The first kappa shape index (κ1) is 85.2. The SMILES string of the molecule is CC.CC.CC.CC.CCc1cccc2ccccc12.CCc1cccc2ccccc12.CCc1cccc2ccccc12.CCc1cccc2ccccc12.COc1ccc(C(C)(C)C)cc1.COc1cccc2c(OC)cccc12.COc1ccccc1.COc1ccccc1C. The molecule has 0 aliphatic heterocycles. The van der Waals surface area contributed by atoms with Gasteiger partial charge in [0, 0.05) is 10.8 Å². The van der Waals surface area contributed by atoms with Crippen LogP contribution in [-0.2, 0) is 31.1 Å². The lowest BCUT2D eigenvalue weighted by molar-refractivity contribution is 0.411. The largest absolute Gasteiger partial charge is 0.497 e. The highest BCUT2D eigenvalue weighted by atomic mass is 16.5. The topological polar surface area (TPSA) is 46.2 Å². The molecule has 0 saturated carbocycles. The zero-order chi connectivity index (χ0) is 73.2. The first-order valence-electron chi connectivity index (χ1n) is 35.6. The lowest BCUT2D eigenvalue weighted by Gasteiger charge is -2.18. The quantitative estimate of drug-likeness (QED) is 0.144. The maximum absolute atomic E-state index is 5.27. The van der Waals surface area contributed by atoms with E-state index in [2.05, 4.69) is 230 Å². The molecule has 0 spiro atoms. The predicted octanol–water partition coefficient (Wildman–Crippen LogP) is 27.3. The van der Waals surface area contributed by atoms with Crippen LogP contribution >= 0.6 is 0 Å². The third-order valence-electron chi connectivity index (χ3n) is 15.6. The van der Waals surface area contributed by atoms with Gasteiger partial charge in [0.15, 0.2) is 0 Å². The number of para-hydroxylation sites is 2. The van der Waals surface area contributed by atoms with Crippen LogP contribution in [0.2, 0.25) is 0 Å². The number of fused-ring (bicyclic) bond motifs is 5. The molecule has 0 N–H and O–H groups in total. The van der Waals surface area contributed by atoms with Gasteiger partial charge in [0.05, 0.1) is 35.5 Å². The summed E-state index contributed by atoms with van der Waals surface area (Å²) in [6.45, 7) is 33.4. The number of hydrogen-bond donors (Lipinski definition) is 0. The Morgan fingerprint density at radius 3 is 0.737 bits per heavy atom. The standard InChI is InChI=1S/C12H12O2.4C12H12.C11H16O.C8H10O.C7H8O.4C2H6/c1-13-11-7-3-6-10-9(11)5-4-8-12(10)14-2;4*1-2-10-7-5-8-11-6-3-4-9-12(10)11;1-11(2,3)9-5-7-10(12-4)8-6-9;1-7-5-3-4-6-8(7)9-2;1-8-7-5-3-2-4-6-7;4*1-2/h3-8H,1-2H3;4*3-9H,2H2,1H3;5-8H,1-4H3;3-6H,1-2H3;2-6H,1H3;4*1-2H3. The predicted molar refractivity (Wildman–Crippen MR) is 438 cm³/mol. The average molecular weight is 1330 g/mol. The fraction of sp³-hybridized carbons (Fsp3) is 0.277. The van der Waals surface area contributed by atoms with Crippen molar-refractivity contribution in [3.63, 3.8) is 0 Å². The fourth-order valence-electron chi connectivity index (χ4n) is 10.4. The molecule has 0 heterocycles.